The van der Waals surface area contributed by atoms with Gasteiger partial charge in [-0.2, -0.15) is 0 Å². The number of hydrogen-bond acceptors (Lipinski definition) is 2. The van der Waals surface area contributed by atoms with Crippen molar-refractivity contribution in [1.29, 1.82) is 0 Å². The summed E-state index contributed by atoms with van der Waals surface area (Å²) in [5.41, 5.74) is 4.09. The molecule has 0 radical (unpaired) electrons. The number of carbonyl (C=O) groups excluding carboxylic acids is 1. The molecule has 0 unspecified atom stereocenters. The zero-order valence-electron chi connectivity index (χ0n) is 13.1. The number of phenols is 1. The van der Waals surface area contributed by atoms with Gasteiger partial charge in [0, 0.05) is 11.3 Å². The monoisotopic (exact) mass is 381 g/mol. The van der Waals surface area contributed by atoms with E-state index in [1.807, 2.05) is 42.5 Å². The first kappa shape index (κ1) is 16.3. The van der Waals surface area contributed by atoms with Crippen molar-refractivity contribution in [3.05, 3.63) is 82.3 Å². The molecule has 0 aliphatic rings. The third-order valence-corrected chi connectivity index (χ3v) is 4.37. The minimum absolute atomic E-state index is 0.181. The number of hydrogen-bond donors (Lipinski definition) is 2. The third kappa shape index (κ3) is 3.49. The fraction of sp³-hybridized carbons (Fsp3) is 0.0500. The molecule has 0 saturated heterocycles. The highest BCUT2D eigenvalue weighted by molar-refractivity contribution is 9.10. The van der Waals surface area contributed by atoms with Gasteiger partial charge >= 0.3 is 0 Å². The summed E-state index contributed by atoms with van der Waals surface area (Å²) in [6, 6.07) is 20.9. The smallest absolute Gasteiger partial charge is 0.255 e. The Morgan fingerprint density at radius 3 is 2.21 bits per heavy atom. The van der Waals surface area contributed by atoms with E-state index < -0.39 is 0 Å². The van der Waals surface area contributed by atoms with E-state index >= 15 is 0 Å². The lowest BCUT2D eigenvalue weighted by Crippen LogP contribution is -2.11. The summed E-state index contributed by atoms with van der Waals surface area (Å²) in [4.78, 5) is 12.4. The number of rotatable bonds is 3. The first-order valence-corrected chi connectivity index (χ1v) is 8.30. The lowest BCUT2D eigenvalue weighted by Gasteiger charge is -2.09. The molecule has 4 heteroatoms. The van der Waals surface area contributed by atoms with Gasteiger partial charge in [0.25, 0.3) is 5.91 Å². The number of benzene rings is 3. The van der Waals surface area contributed by atoms with Gasteiger partial charge in [0.15, 0.2) is 0 Å². The summed E-state index contributed by atoms with van der Waals surface area (Å²) in [7, 11) is 0. The maximum Gasteiger partial charge on any atom is 0.255 e. The van der Waals surface area contributed by atoms with E-state index in [0.29, 0.717) is 21.3 Å². The van der Waals surface area contributed by atoms with Crippen LogP contribution in [0.2, 0.25) is 0 Å². The number of carbonyl (C=O) groups is 1. The summed E-state index contributed by atoms with van der Waals surface area (Å²) >= 11 is 3.28. The molecule has 0 aromatic heterocycles. The molecule has 0 saturated carbocycles. The molecule has 24 heavy (non-hydrogen) atoms. The molecule has 0 spiro atoms. The van der Waals surface area contributed by atoms with Gasteiger partial charge in [-0.1, -0.05) is 42.5 Å². The quantitative estimate of drug-likeness (QED) is 0.598. The van der Waals surface area contributed by atoms with E-state index in [0.717, 1.165) is 11.1 Å². The van der Waals surface area contributed by atoms with Gasteiger partial charge in [0.2, 0.25) is 0 Å². The van der Waals surface area contributed by atoms with E-state index in [2.05, 4.69) is 21.2 Å². The van der Waals surface area contributed by atoms with Gasteiger partial charge in [-0.15, -0.1) is 0 Å². The van der Waals surface area contributed by atoms with Gasteiger partial charge in [0.1, 0.15) is 5.75 Å². The number of aryl methyl sites for hydroxylation is 1. The van der Waals surface area contributed by atoms with Crippen molar-refractivity contribution < 1.29 is 9.90 Å². The molecule has 3 aromatic rings. The van der Waals surface area contributed by atoms with Crippen molar-refractivity contribution in [2.24, 2.45) is 0 Å². The van der Waals surface area contributed by atoms with E-state index in [9.17, 15) is 9.90 Å². The Balaban J connectivity index is 1.78. The Morgan fingerprint density at radius 2 is 1.58 bits per heavy atom. The van der Waals surface area contributed by atoms with Crippen molar-refractivity contribution in [3.63, 3.8) is 0 Å². The normalized spacial score (nSPS) is 10.4. The number of amides is 1. The zero-order valence-corrected chi connectivity index (χ0v) is 14.7. The highest BCUT2D eigenvalue weighted by atomic mass is 79.9. The molecule has 3 nitrogen and oxygen atoms in total. The average Bonchev–Trinajstić information content (AvgIpc) is 2.60. The molecule has 0 bridgehead atoms. The summed E-state index contributed by atoms with van der Waals surface area (Å²) in [5.74, 6) is -0.00758. The van der Waals surface area contributed by atoms with Crippen molar-refractivity contribution in [1.82, 2.24) is 0 Å². The van der Waals surface area contributed by atoms with Crippen LogP contribution >= 0.6 is 15.9 Å². The third-order valence-electron chi connectivity index (χ3n) is 3.77. The summed E-state index contributed by atoms with van der Waals surface area (Å²) in [5, 5.41) is 12.6. The predicted octanol–water partition coefficient (Wildman–Crippen LogP) is 5.38. The van der Waals surface area contributed by atoms with E-state index in [-0.39, 0.29) is 11.7 Å². The predicted molar refractivity (Wildman–Crippen MR) is 100 cm³/mol. The van der Waals surface area contributed by atoms with Crippen molar-refractivity contribution in [2.45, 2.75) is 6.92 Å². The van der Waals surface area contributed by atoms with Crippen LogP contribution in [0.5, 0.6) is 5.75 Å². The number of nitrogens with one attached hydrogen (secondary N) is 1. The van der Waals surface area contributed by atoms with Gasteiger partial charge < -0.3 is 10.4 Å². The number of phenolic OH excluding ortho intramolecular Hbond substituents is 1. The van der Waals surface area contributed by atoms with E-state index in [4.69, 9.17) is 0 Å². The van der Waals surface area contributed by atoms with Crippen LogP contribution in [-0.4, -0.2) is 11.0 Å². The second kappa shape index (κ2) is 6.89. The van der Waals surface area contributed by atoms with Gasteiger partial charge in [-0.25, -0.2) is 0 Å². The van der Waals surface area contributed by atoms with Gasteiger partial charge in [0.05, 0.1) is 4.47 Å². The minimum Gasteiger partial charge on any atom is -0.506 e. The Hall–Kier alpha value is -2.59. The molecule has 2 N–H and O–H groups in total. The zero-order chi connectivity index (χ0) is 17.1. The van der Waals surface area contributed by atoms with Crippen LogP contribution in [0.4, 0.5) is 5.69 Å². The van der Waals surface area contributed by atoms with Crippen LogP contribution in [0.3, 0.4) is 0 Å². The first-order chi connectivity index (χ1) is 11.5. The molecule has 3 aromatic carbocycles. The highest BCUT2D eigenvalue weighted by Crippen LogP contribution is 2.31. The van der Waals surface area contributed by atoms with Crippen LogP contribution in [-0.2, 0) is 0 Å². The Kier molecular flexibility index (Phi) is 4.67. The van der Waals surface area contributed by atoms with Crippen LogP contribution in [0, 0.1) is 6.92 Å². The molecular formula is C20H16BrNO2. The average molecular weight is 382 g/mol. The minimum atomic E-state index is -0.188. The summed E-state index contributed by atoms with van der Waals surface area (Å²) in [6.07, 6.45) is 0. The van der Waals surface area contributed by atoms with Crippen LogP contribution in [0.25, 0.3) is 11.1 Å². The molecule has 0 aliphatic carbocycles. The van der Waals surface area contributed by atoms with Crippen LogP contribution in [0.15, 0.2) is 71.2 Å². The second-order valence-corrected chi connectivity index (χ2v) is 6.38. The topological polar surface area (TPSA) is 49.3 Å². The van der Waals surface area contributed by atoms with Crippen LogP contribution < -0.4 is 5.32 Å². The van der Waals surface area contributed by atoms with E-state index in [1.54, 1.807) is 31.2 Å². The lowest BCUT2D eigenvalue weighted by atomic mass is 10.0. The van der Waals surface area contributed by atoms with Crippen molar-refractivity contribution in [2.75, 3.05) is 5.32 Å². The molecular weight excluding hydrogens is 366 g/mol. The number of anilines is 1. The lowest BCUT2D eigenvalue weighted by molar-refractivity contribution is 0.102. The van der Waals surface area contributed by atoms with Crippen molar-refractivity contribution in [3.8, 4) is 16.9 Å². The Labute approximate surface area is 149 Å². The maximum absolute atomic E-state index is 12.4. The molecule has 1 amide bonds. The molecule has 0 atom stereocenters. The standard InChI is InChI=1S/C20H16BrNO2/c1-13-11-17(12-18(21)19(13)23)22-20(24)16-9-7-15(8-10-16)14-5-3-2-4-6-14/h2-12,23H,1H3,(H,22,24). The second-order valence-electron chi connectivity index (χ2n) is 5.52. The molecule has 0 fully saturated rings. The van der Waals surface area contributed by atoms with Crippen molar-refractivity contribution >= 4 is 27.5 Å². The SMILES string of the molecule is Cc1cc(NC(=O)c2ccc(-c3ccccc3)cc2)cc(Br)c1O. The van der Waals surface area contributed by atoms with Gasteiger partial charge in [-0.3, -0.25) is 4.79 Å². The summed E-state index contributed by atoms with van der Waals surface area (Å²) < 4.78 is 0.553. The number of halogens is 1. The molecule has 3 rings (SSSR count). The van der Waals surface area contributed by atoms with E-state index in [1.165, 1.54) is 0 Å². The number of aromatic hydroxyl groups is 1. The van der Waals surface area contributed by atoms with Crippen LogP contribution in [0.1, 0.15) is 15.9 Å². The fourth-order valence-corrected chi connectivity index (χ4v) is 3.02. The Bertz CT molecular complexity index is 851. The molecule has 0 heterocycles. The Morgan fingerprint density at radius 1 is 0.958 bits per heavy atom. The maximum atomic E-state index is 12.4. The first-order valence-electron chi connectivity index (χ1n) is 7.50. The molecule has 120 valence electrons. The van der Waals surface area contributed by atoms with Gasteiger partial charge in [-0.05, 0) is 63.8 Å². The summed E-state index contributed by atoms with van der Waals surface area (Å²) in [6.45, 7) is 1.78. The largest absolute Gasteiger partial charge is 0.506 e. The highest BCUT2D eigenvalue weighted by Gasteiger charge is 2.10. The molecule has 0 aliphatic heterocycles. The fourth-order valence-electron chi connectivity index (χ4n) is 2.46.